The summed E-state index contributed by atoms with van der Waals surface area (Å²) in [7, 11) is 1.65. The first kappa shape index (κ1) is 19.4. The molecule has 1 aromatic carbocycles. The molecule has 0 spiro atoms. The molecule has 144 valence electrons. The minimum absolute atomic E-state index is 0.0110. The second kappa shape index (κ2) is 8.56. The largest absolute Gasteiger partial charge is 0.335 e. The third kappa shape index (κ3) is 4.88. The summed E-state index contributed by atoms with van der Waals surface area (Å²) in [6.45, 7) is 3.89. The zero-order valence-corrected chi connectivity index (χ0v) is 16.7. The molecule has 1 aliphatic carbocycles. The fourth-order valence-electron chi connectivity index (χ4n) is 2.87. The van der Waals surface area contributed by atoms with E-state index < -0.39 is 0 Å². The third-order valence-electron chi connectivity index (χ3n) is 4.54. The minimum atomic E-state index is -0.340. The van der Waals surface area contributed by atoms with Crippen molar-refractivity contribution in [3.05, 3.63) is 36.2 Å². The molecule has 0 bridgehead atoms. The summed E-state index contributed by atoms with van der Waals surface area (Å²) in [6, 6.07) is 8.16. The van der Waals surface area contributed by atoms with E-state index in [2.05, 4.69) is 15.5 Å². The number of hydrogen-bond acceptors (Lipinski definition) is 5. The minimum Gasteiger partial charge on any atom is -0.335 e. The van der Waals surface area contributed by atoms with Gasteiger partial charge in [0.25, 0.3) is 0 Å². The molecule has 2 aromatic rings. The number of carbonyl (C=O) groups excluding carboxylic acids is 2. The van der Waals surface area contributed by atoms with Crippen LogP contribution in [0.3, 0.4) is 0 Å². The summed E-state index contributed by atoms with van der Waals surface area (Å²) in [6.07, 6.45) is 4.82. The Morgan fingerprint density at radius 2 is 2.11 bits per heavy atom. The van der Waals surface area contributed by atoms with Crippen LogP contribution in [0.15, 0.2) is 35.7 Å². The highest BCUT2D eigenvalue weighted by Crippen LogP contribution is 2.38. The van der Waals surface area contributed by atoms with E-state index in [0.29, 0.717) is 6.04 Å². The van der Waals surface area contributed by atoms with E-state index in [9.17, 15) is 9.59 Å². The van der Waals surface area contributed by atoms with E-state index in [-0.39, 0.29) is 23.6 Å². The van der Waals surface area contributed by atoms with Crippen molar-refractivity contribution < 1.29 is 9.59 Å². The van der Waals surface area contributed by atoms with Crippen molar-refractivity contribution in [3.8, 4) is 0 Å². The Balaban J connectivity index is 1.54. The van der Waals surface area contributed by atoms with Crippen LogP contribution in [0.5, 0.6) is 0 Å². The maximum absolute atomic E-state index is 12.6. The van der Waals surface area contributed by atoms with Gasteiger partial charge in [0.05, 0.1) is 11.8 Å². The van der Waals surface area contributed by atoms with Gasteiger partial charge in [0.15, 0.2) is 5.16 Å². The maximum atomic E-state index is 12.6. The molecule has 7 nitrogen and oxygen atoms in total. The van der Waals surface area contributed by atoms with Gasteiger partial charge >= 0.3 is 0 Å². The van der Waals surface area contributed by atoms with E-state index >= 15 is 0 Å². The molecule has 0 radical (unpaired) electrons. The second-order valence-corrected chi connectivity index (χ2v) is 8.07. The molecular weight excluding hydrogens is 362 g/mol. The predicted octanol–water partition coefficient (Wildman–Crippen LogP) is 2.75. The lowest BCUT2D eigenvalue weighted by Crippen LogP contribution is -2.39. The second-order valence-electron chi connectivity index (χ2n) is 6.77. The highest BCUT2D eigenvalue weighted by Gasteiger charge is 2.29. The van der Waals surface area contributed by atoms with Crippen LogP contribution in [-0.4, -0.2) is 50.3 Å². The number of hydrogen-bond donors (Lipinski definition) is 1. The monoisotopic (exact) mass is 387 g/mol. The fraction of sp³-hybridized carbons (Fsp3) is 0.474. The number of carbonyl (C=O) groups is 2. The number of nitrogens with zero attached hydrogens (tertiary/aromatic N) is 4. The number of amides is 2. The number of thioether (sulfide) groups is 1. The number of nitrogens with one attached hydrogen (secondary N) is 1. The molecule has 1 fully saturated rings. The molecule has 1 aromatic heterocycles. The van der Waals surface area contributed by atoms with Gasteiger partial charge < -0.3 is 14.8 Å². The van der Waals surface area contributed by atoms with Gasteiger partial charge in [0.1, 0.15) is 6.33 Å². The highest BCUT2D eigenvalue weighted by atomic mass is 32.2. The lowest BCUT2D eigenvalue weighted by molar-refractivity contribution is -0.132. The van der Waals surface area contributed by atoms with Crippen molar-refractivity contribution in [2.24, 2.45) is 0 Å². The molecule has 27 heavy (non-hydrogen) atoms. The summed E-state index contributed by atoms with van der Waals surface area (Å²) >= 11 is 1.39. The SMILES string of the molecule is CCc1ccccc1NC(=O)CN(C)C(=O)C(C)Sc1nncn1C1CC1. The van der Waals surface area contributed by atoms with Gasteiger partial charge in [0, 0.05) is 18.8 Å². The van der Waals surface area contributed by atoms with Crippen LogP contribution in [0.25, 0.3) is 0 Å². The number of anilines is 1. The van der Waals surface area contributed by atoms with Gasteiger partial charge in [-0.05, 0) is 37.8 Å². The van der Waals surface area contributed by atoms with E-state index in [0.717, 1.165) is 35.7 Å². The number of benzene rings is 1. The molecule has 1 saturated carbocycles. The molecule has 0 aliphatic heterocycles. The first-order chi connectivity index (χ1) is 13.0. The molecule has 3 rings (SSSR count). The first-order valence-corrected chi connectivity index (χ1v) is 10.1. The molecule has 8 heteroatoms. The number of aryl methyl sites for hydroxylation is 1. The van der Waals surface area contributed by atoms with Crippen LogP contribution in [0.1, 0.15) is 38.3 Å². The number of aromatic nitrogens is 3. The van der Waals surface area contributed by atoms with Crippen molar-refractivity contribution in [2.45, 2.75) is 49.6 Å². The molecule has 0 saturated heterocycles. The Hall–Kier alpha value is -2.35. The third-order valence-corrected chi connectivity index (χ3v) is 5.60. The van der Waals surface area contributed by atoms with Crippen LogP contribution >= 0.6 is 11.8 Å². The van der Waals surface area contributed by atoms with Crippen LogP contribution in [0.2, 0.25) is 0 Å². The summed E-state index contributed by atoms with van der Waals surface area (Å²) in [5, 5.41) is 11.4. The van der Waals surface area contributed by atoms with E-state index in [1.54, 1.807) is 13.4 Å². The normalized spacial score (nSPS) is 14.6. The van der Waals surface area contributed by atoms with Crippen molar-refractivity contribution in [1.29, 1.82) is 0 Å². The van der Waals surface area contributed by atoms with Crippen molar-refractivity contribution in [1.82, 2.24) is 19.7 Å². The average Bonchev–Trinajstić information content (AvgIpc) is 3.40. The molecule has 1 N–H and O–H groups in total. The number of likely N-dealkylation sites (N-methyl/N-ethyl adjacent to an activating group) is 1. The molecular formula is C19H25N5O2S. The van der Waals surface area contributed by atoms with Crippen LogP contribution in [0.4, 0.5) is 5.69 Å². The zero-order chi connectivity index (χ0) is 19.4. The van der Waals surface area contributed by atoms with Crippen LogP contribution in [0, 0.1) is 0 Å². The highest BCUT2D eigenvalue weighted by molar-refractivity contribution is 8.00. The summed E-state index contributed by atoms with van der Waals surface area (Å²) < 4.78 is 2.03. The molecule has 1 heterocycles. The Morgan fingerprint density at radius 3 is 2.81 bits per heavy atom. The molecule has 1 atom stereocenters. The van der Waals surface area contributed by atoms with Gasteiger partial charge in [-0.15, -0.1) is 10.2 Å². The lowest BCUT2D eigenvalue weighted by Gasteiger charge is -2.21. The first-order valence-electron chi connectivity index (χ1n) is 9.18. The Bertz CT molecular complexity index is 818. The standard InChI is InChI=1S/C19H25N5O2S/c1-4-14-7-5-6-8-16(14)21-17(25)11-23(3)18(26)13(2)27-19-22-20-12-24(19)15-9-10-15/h5-8,12-13,15H,4,9-11H2,1-3H3,(H,21,25). The van der Waals surface area contributed by atoms with Crippen molar-refractivity contribution >= 4 is 29.3 Å². The molecule has 1 aliphatic rings. The molecule has 1 unspecified atom stereocenters. The fourth-order valence-corrected chi connectivity index (χ4v) is 3.88. The Labute approximate surface area is 163 Å². The van der Waals surface area contributed by atoms with Gasteiger partial charge in [-0.25, -0.2) is 0 Å². The van der Waals surface area contributed by atoms with E-state index in [1.807, 2.05) is 42.7 Å². The Kier molecular flexibility index (Phi) is 6.15. The Morgan fingerprint density at radius 1 is 1.37 bits per heavy atom. The number of para-hydroxylation sites is 1. The van der Waals surface area contributed by atoms with Crippen molar-refractivity contribution in [2.75, 3.05) is 18.9 Å². The molecule has 2 amide bonds. The average molecular weight is 388 g/mol. The van der Waals surface area contributed by atoms with E-state index in [1.165, 1.54) is 16.7 Å². The summed E-state index contributed by atoms with van der Waals surface area (Å²) in [5.74, 6) is -0.311. The van der Waals surface area contributed by atoms with Gasteiger partial charge in [-0.1, -0.05) is 36.9 Å². The van der Waals surface area contributed by atoms with E-state index in [4.69, 9.17) is 0 Å². The zero-order valence-electron chi connectivity index (χ0n) is 15.9. The van der Waals surface area contributed by atoms with Gasteiger partial charge in [-0.3, -0.25) is 9.59 Å². The number of rotatable bonds is 8. The summed E-state index contributed by atoms with van der Waals surface area (Å²) in [4.78, 5) is 26.5. The lowest BCUT2D eigenvalue weighted by atomic mass is 10.1. The van der Waals surface area contributed by atoms with Crippen LogP contribution in [-0.2, 0) is 16.0 Å². The smallest absolute Gasteiger partial charge is 0.243 e. The van der Waals surface area contributed by atoms with Gasteiger partial charge in [0.2, 0.25) is 11.8 Å². The predicted molar refractivity (Wildman–Crippen MR) is 106 cm³/mol. The maximum Gasteiger partial charge on any atom is 0.243 e. The van der Waals surface area contributed by atoms with Crippen molar-refractivity contribution in [3.63, 3.8) is 0 Å². The van der Waals surface area contributed by atoms with Gasteiger partial charge in [-0.2, -0.15) is 0 Å². The summed E-state index contributed by atoms with van der Waals surface area (Å²) in [5.41, 5.74) is 1.87. The quantitative estimate of drug-likeness (QED) is 0.705. The topological polar surface area (TPSA) is 80.1 Å². The van der Waals surface area contributed by atoms with Crippen LogP contribution < -0.4 is 5.32 Å².